The second-order valence-electron chi connectivity index (χ2n) is 8.60. The van der Waals surface area contributed by atoms with Gasteiger partial charge in [-0.3, -0.25) is 4.90 Å². The molecule has 1 aliphatic rings. The van der Waals surface area contributed by atoms with Crippen molar-refractivity contribution in [1.82, 2.24) is 9.27 Å². The van der Waals surface area contributed by atoms with E-state index in [-0.39, 0.29) is 10.6 Å². The maximum Gasteiger partial charge on any atom is 0.339 e. The number of anilines is 1. The van der Waals surface area contributed by atoms with Crippen LogP contribution in [0.1, 0.15) is 11.1 Å². The van der Waals surface area contributed by atoms with E-state index in [9.17, 15) is 8.42 Å². The topological polar surface area (TPSA) is 72.0 Å². The number of benzene rings is 3. The molecule has 0 unspecified atom stereocenters. The first-order chi connectivity index (χ1) is 16.9. The van der Waals surface area contributed by atoms with Gasteiger partial charge in [0.05, 0.1) is 11.8 Å². The fourth-order valence-electron chi connectivity index (χ4n) is 4.23. The van der Waals surface area contributed by atoms with Crippen LogP contribution in [0, 0.1) is 6.92 Å². The second kappa shape index (κ2) is 9.85. The third kappa shape index (κ3) is 5.12. The smallest absolute Gasteiger partial charge is 0.339 e. The van der Waals surface area contributed by atoms with Gasteiger partial charge in [0.15, 0.2) is 11.5 Å². The second-order valence-corrected chi connectivity index (χ2v) is 11.0. The van der Waals surface area contributed by atoms with Gasteiger partial charge in [-0.1, -0.05) is 35.9 Å². The number of nitrogens with zero attached hydrogens (tertiary/aromatic N) is 3. The summed E-state index contributed by atoms with van der Waals surface area (Å²) in [5, 5.41) is 1.21. The fraction of sp³-hybridized carbons (Fsp3) is 0.269. The van der Waals surface area contributed by atoms with Crippen LogP contribution in [0.25, 0.3) is 10.1 Å². The minimum absolute atomic E-state index is 0.111. The predicted octanol–water partition coefficient (Wildman–Crippen LogP) is 4.70. The summed E-state index contributed by atoms with van der Waals surface area (Å²) in [6.07, 6.45) is 0. The third-order valence-corrected chi connectivity index (χ3v) is 8.24. The third-order valence-electron chi connectivity index (χ3n) is 6.17. The van der Waals surface area contributed by atoms with E-state index in [0.717, 1.165) is 49.7 Å². The van der Waals surface area contributed by atoms with Crippen LogP contribution in [0.4, 0.5) is 5.82 Å². The van der Waals surface area contributed by atoms with Crippen LogP contribution in [-0.2, 0) is 16.7 Å². The maximum absolute atomic E-state index is 12.7. The van der Waals surface area contributed by atoms with Crippen molar-refractivity contribution in [1.29, 1.82) is 0 Å². The first-order valence-corrected chi connectivity index (χ1v) is 13.6. The van der Waals surface area contributed by atoms with Gasteiger partial charge in [-0.25, -0.2) is 0 Å². The number of hydrogen-bond acceptors (Lipinski definition) is 8. The summed E-state index contributed by atoms with van der Waals surface area (Å²) >= 11 is 1.55. The Morgan fingerprint density at radius 3 is 2.43 bits per heavy atom. The first kappa shape index (κ1) is 23.6. The van der Waals surface area contributed by atoms with Gasteiger partial charge in [0.25, 0.3) is 0 Å². The van der Waals surface area contributed by atoms with Crippen molar-refractivity contribution in [2.75, 3.05) is 38.2 Å². The molecule has 0 N–H and O–H groups in total. The van der Waals surface area contributed by atoms with Gasteiger partial charge in [-0.05, 0) is 60.4 Å². The zero-order valence-corrected chi connectivity index (χ0v) is 21.3. The fourth-order valence-corrected chi connectivity index (χ4v) is 5.96. The lowest BCUT2D eigenvalue weighted by Gasteiger charge is -2.35. The highest BCUT2D eigenvalue weighted by atomic mass is 32.2. The van der Waals surface area contributed by atoms with E-state index in [1.54, 1.807) is 41.9 Å². The zero-order valence-electron chi connectivity index (χ0n) is 19.7. The van der Waals surface area contributed by atoms with Crippen molar-refractivity contribution in [3.05, 3.63) is 77.9 Å². The molecule has 3 aromatic carbocycles. The molecule has 1 saturated heterocycles. The lowest BCUT2D eigenvalue weighted by Crippen LogP contribution is -2.46. The van der Waals surface area contributed by atoms with Crippen LogP contribution in [-0.4, -0.2) is 51.0 Å². The van der Waals surface area contributed by atoms with Gasteiger partial charge in [0.1, 0.15) is 10.7 Å². The Balaban J connectivity index is 1.24. The number of methoxy groups -OCH3 is 1. The molecule has 0 amide bonds. The van der Waals surface area contributed by atoms with Gasteiger partial charge in [0, 0.05) is 38.1 Å². The number of rotatable bonds is 7. The number of aromatic nitrogens is 1. The molecule has 1 aliphatic heterocycles. The molecule has 0 aliphatic carbocycles. The summed E-state index contributed by atoms with van der Waals surface area (Å²) in [6, 6.07) is 20.3. The summed E-state index contributed by atoms with van der Waals surface area (Å²) in [4.78, 5) is 4.84. The van der Waals surface area contributed by atoms with Crippen LogP contribution in [0.3, 0.4) is 0 Å². The Morgan fingerprint density at radius 1 is 0.943 bits per heavy atom. The highest BCUT2D eigenvalue weighted by molar-refractivity contribution is 7.87. The van der Waals surface area contributed by atoms with Crippen LogP contribution in [0.5, 0.6) is 11.5 Å². The molecule has 2 heterocycles. The number of fused-ring (bicyclic) bond motifs is 1. The molecule has 7 nitrogen and oxygen atoms in total. The zero-order chi connectivity index (χ0) is 24.4. The molecular weight excluding hydrogens is 482 g/mol. The van der Waals surface area contributed by atoms with E-state index in [1.807, 2.05) is 25.1 Å². The van der Waals surface area contributed by atoms with Crippen LogP contribution in [0.15, 0.2) is 71.6 Å². The van der Waals surface area contributed by atoms with Gasteiger partial charge in [0.2, 0.25) is 0 Å². The van der Waals surface area contributed by atoms with E-state index in [0.29, 0.717) is 5.75 Å². The monoisotopic (exact) mass is 509 g/mol. The van der Waals surface area contributed by atoms with Crippen molar-refractivity contribution < 1.29 is 17.3 Å². The van der Waals surface area contributed by atoms with Crippen molar-refractivity contribution in [2.45, 2.75) is 18.4 Å². The summed E-state index contributed by atoms with van der Waals surface area (Å²) in [5.41, 5.74) is 2.01. The minimum atomic E-state index is -3.95. The lowest BCUT2D eigenvalue weighted by atomic mass is 10.1. The Bertz CT molecular complexity index is 1430. The van der Waals surface area contributed by atoms with E-state index in [4.69, 9.17) is 8.92 Å². The quantitative estimate of drug-likeness (QED) is 0.334. The number of piperazine rings is 1. The molecule has 1 aromatic heterocycles. The van der Waals surface area contributed by atoms with Gasteiger partial charge in [-0.15, -0.1) is 0 Å². The predicted molar refractivity (Wildman–Crippen MR) is 139 cm³/mol. The Labute approximate surface area is 209 Å². The minimum Gasteiger partial charge on any atom is -0.493 e. The highest BCUT2D eigenvalue weighted by Gasteiger charge is 2.22. The molecule has 0 radical (unpaired) electrons. The molecule has 0 saturated carbocycles. The summed E-state index contributed by atoms with van der Waals surface area (Å²) in [5.74, 6) is 1.64. The molecule has 0 bridgehead atoms. The van der Waals surface area contributed by atoms with Crippen LogP contribution in [0.2, 0.25) is 0 Å². The molecule has 1 fully saturated rings. The molecule has 5 rings (SSSR count). The summed E-state index contributed by atoms with van der Waals surface area (Å²) in [6.45, 7) is 6.27. The molecule has 4 aromatic rings. The molecular formula is C26H27N3O4S2. The average Bonchev–Trinajstić information content (AvgIpc) is 3.30. The molecule has 35 heavy (non-hydrogen) atoms. The normalized spacial score (nSPS) is 14.9. The van der Waals surface area contributed by atoms with Crippen LogP contribution >= 0.6 is 11.5 Å². The van der Waals surface area contributed by atoms with Gasteiger partial charge < -0.3 is 13.8 Å². The Kier molecular flexibility index (Phi) is 6.64. The molecule has 0 atom stereocenters. The van der Waals surface area contributed by atoms with E-state index in [1.165, 1.54) is 17.2 Å². The van der Waals surface area contributed by atoms with E-state index in [2.05, 4.69) is 32.4 Å². The summed E-state index contributed by atoms with van der Waals surface area (Å²) < 4.78 is 42.2. The van der Waals surface area contributed by atoms with Crippen molar-refractivity contribution in [3.8, 4) is 11.5 Å². The summed E-state index contributed by atoms with van der Waals surface area (Å²) in [7, 11) is -2.43. The maximum atomic E-state index is 12.7. The van der Waals surface area contributed by atoms with Crippen molar-refractivity contribution in [2.24, 2.45) is 0 Å². The Hall–Kier alpha value is -3.14. The number of hydrogen-bond donors (Lipinski definition) is 0. The molecule has 182 valence electrons. The molecule has 9 heteroatoms. The van der Waals surface area contributed by atoms with E-state index >= 15 is 0 Å². The van der Waals surface area contributed by atoms with Crippen molar-refractivity contribution in [3.63, 3.8) is 0 Å². The van der Waals surface area contributed by atoms with E-state index < -0.39 is 10.1 Å². The number of aryl methyl sites for hydroxylation is 1. The first-order valence-electron chi connectivity index (χ1n) is 11.4. The number of ether oxygens (including phenoxy) is 1. The largest absolute Gasteiger partial charge is 0.493 e. The SMILES string of the molecule is COc1cc(CN2CCN(c3nsc4ccccc34)CC2)ccc1OS(=O)(=O)c1ccc(C)cc1. The average molecular weight is 510 g/mol. The highest BCUT2D eigenvalue weighted by Crippen LogP contribution is 2.32. The Morgan fingerprint density at radius 2 is 1.69 bits per heavy atom. The van der Waals surface area contributed by atoms with Gasteiger partial charge >= 0.3 is 10.1 Å². The standard InChI is InChI=1S/C26H27N3O4S2/c1-19-7-10-21(11-8-19)35(30,31)33-23-12-9-20(17-24(23)32-2)18-28-13-15-29(16-14-28)26-22-5-3-4-6-25(22)34-27-26/h3-12,17H,13-16,18H2,1-2H3. The molecule has 0 spiro atoms. The van der Waals surface area contributed by atoms with Crippen molar-refractivity contribution >= 4 is 37.6 Å². The van der Waals surface area contributed by atoms with Crippen LogP contribution < -0.4 is 13.8 Å². The van der Waals surface area contributed by atoms with Gasteiger partial charge in [-0.2, -0.15) is 12.8 Å². The lowest BCUT2D eigenvalue weighted by molar-refractivity contribution is 0.249.